The fourth-order valence-electron chi connectivity index (χ4n) is 1.07. The van der Waals surface area contributed by atoms with Crippen molar-refractivity contribution in [3.63, 3.8) is 0 Å². The van der Waals surface area contributed by atoms with Gasteiger partial charge in [-0.3, -0.25) is 4.57 Å². The van der Waals surface area contributed by atoms with Gasteiger partial charge in [-0.05, 0) is 12.8 Å². The van der Waals surface area contributed by atoms with Gasteiger partial charge in [0.25, 0.3) is 0 Å². The number of amides is 2. The number of ether oxygens (including phenoxy) is 1. The molecule has 1 aromatic heterocycles. The van der Waals surface area contributed by atoms with E-state index in [9.17, 15) is 9.59 Å². The van der Waals surface area contributed by atoms with Gasteiger partial charge in [0.1, 0.15) is 6.33 Å². The summed E-state index contributed by atoms with van der Waals surface area (Å²) in [7, 11) is 0. The highest BCUT2D eigenvalue weighted by Crippen LogP contribution is 1.90. The standard InChI is InChI=1S/C9H14N4O3/c10-8(14)16-6-2-1-3-12-9(15)13-5-4-11-7-13/h4-5,7H,1-3,6H2,(H2,10,14)(H,12,15). The minimum atomic E-state index is -0.776. The summed E-state index contributed by atoms with van der Waals surface area (Å²) in [5.74, 6) is 0. The molecule has 0 saturated carbocycles. The van der Waals surface area contributed by atoms with Crippen molar-refractivity contribution in [1.29, 1.82) is 0 Å². The second-order valence-corrected chi connectivity index (χ2v) is 3.08. The van der Waals surface area contributed by atoms with Crippen LogP contribution in [0.5, 0.6) is 0 Å². The number of imidazole rings is 1. The van der Waals surface area contributed by atoms with Crippen LogP contribution in [0.15, 0.2) is 18.7 Å². The molecule has 0 atom stereocenters. The number of aromatic nitrogens is 2. The highest BCUT2D eigenvalue weighted by Gasteiger charge is 2.01. The summed E-state index contributed by atoms with van der Waals surface area (Å²) >= 11 is 0. The quantitative estimate of drug-likeness (QED) is 0.706. The Labute approximate surface area is 92.6 Å². The van der Waals surface area contributed by atoms with Crippen molar-refractivity contribution in [2.75, 3.05) is 13.2 Å². The van der Waals surface area contributed by atoms with Crippen LogP contribution in [0.3, 0.4) is 0 Å². The molecule has 16 heavy (non-hydrogen) atoms. The molecule has 0 aliphatic heterocycles. The molecule has 0 aliphatic carbocycles. The number of hydrogen-bond donors (Lipinski definition) is 2. The summed E-state index contributed by atoms with van der Waals surface area (Å²) in [6.07, 6.45) is 5.11. The Morgan fingerprint density at radius 1 is 1.44 bits per heavy atom. The molecule has 0 spiro atoms. The Bertz CT molecular complexity index is 337. The van der Waals surface area contributed by atoms with Gasteiger partial charge in [0, 0.05) is 18.9 Å². The lowest BCUT2D eigenvalue weighted by Gasteiger charge is -2.05. The van der Waals surface area contributed by atoms with E-state index in [1.54, 1.807) is 6.20 Å². The Kier molecular flexibility index (Phi) is 4.84. The number of unbranched alkanes of at least 4 members (excludes halogenated alkanes) is 1. The maximum atomic E-state index is 11.4. The Morgan fingerprint density at radius 3 is 2.88 bits per heavy atom. The van der Waals surface area contributed by atoms with Gasteiger partial charge in [0.05, 0.1) is 6.61 Å². The topological polar surface area (TPSA) is 99.2 Å². The fraction of sp³-hybridized carbons (Fsp3) is 0.444. The highest BCUT2D eigenvalue weighted by atomic mass is 16.5. The van der Waals surface area contributed by atoms with Gasteiger partial charge >= 0.3 is 12.1 Å². The fourth-order valence-corrected chi connectivity index (χ4v) is 1.07. The molecule has 0 fully saturated rings. The second kappa shape index (κ2) is 6.44. The second-order valence-electron chi connectivity index (χ2n) is 3.08. The lowest BCUT2D eigenvalue weighted by atomic mass is 10.3. The molecule has 0 bridgehead atoms. The molecule has 7 heteroatoms. The summed E-state index contributed by atoms with van der Waals surface area (Å²) < 4.78 is 5.88. The van der Waals surface area contributed by atoms with Crippen LogP contribution in [0.4, 0.5) is 9.59 Å². The molecule has 88 valence electrons. The molecular formula is C9H14N4O3. The van der Waals surface area contributed by atoms with Crippen molar-refractivity contribution in [3.05, 3.63) is 18.7 Å². The smallest absolute Gasteiger partial charge is 0.404 e. The van der Waals surface area contributed by atoms with E-state index in [0.29, 0.717) is 19.4 Å². The van der Waals surface area contributed by atoms with E-state index in [1.165, 1.54) is 17.1 Å². The lowest BCUT2D eigenvalue weighted by Crippen LogP contribution is -2.28. The molecule has 0 unspecified atom stereocenters. The van der Waals surface area contributed by atoms with Crippen LogP contribution in [-0.2, 0) is 4.74 Å². The first kappa shape index (κ1) is 12.0. The van der Waals surface area contributed by atoms with E-state index < -0.39 is 6.09 Å². The Balaban J connectivity index is 2.03. The molecular weight excluding hydrogens is 212 g/mol. The first-order chi connectivity index (χ1) is 7.70. The van der Waals surface area contributed by atoms with Crippen LogP contribution in [0.1, 0.15) is 12.8 Å². The van der Waals surface area contributed by atoms with Crippen molar-refractivity contribution >= 4 is 12.1 Å². The average molecular weight is 226 g/mol. The van der Waals surface area contributed by atoms with E-state index in [2.05, 4.69) is 15.0 Å². The number of carbonyl (C=O) groups is 2. The van der Waals surface area contributed by atoms with Crippen LogP contribution in [0.25, 0.3) is 0 Å². The minimum Gasteiger partial charge on any atom is -0.450 e. The summed E-state index contributed by atoms with van der Waals surface area (Å²) in [4.78, 5) is 25.3. The molecule has 0 saturated heterocycles. The van der Waals surface area contributed by atoms with Crippen molar-refractivity contribution < 1.29 is 14.3 Å². The number of nitrogens with one attached hydrogen (secondary N) is 1. The molecule has 3 N–H and O–H groups in total. The number of carbonyl (C=O) groups excluding carboxylic acids is 2. The van der Waals surface area contributed by atoms with Crippen LogP contribution in [0, 0.1) is 0 Å². The molecule has 7 nitrogen and oxygen atoms in total. The van der Waals surface area contributed by atoms with Gasteiger partial charge in [-0.2, -0.15) is 0 Å². The third kappa shape index (κ3) is 4.45. The zero-order chi connectivity index (χ0) is 11.8. The molecule has 2 amide bonds. The molecule has 0 aliphatic rings. The van der Waals surface area contributed by atoms with E-state index in [-0.39, 0.29) is 12.6 Å². The number of rotatable bonds is 5. The maximum Gasteiger partial charge on any atom is 0.404 e. The normalized spacial score (nSPS) is 9.75. The Morgan fingerprint density at radius 2 is 2.25 bits per heavy atom. The SMILES string of the molecule is NC(=O)OCCCCNC(=O)n1ccnc1. The van der Waals surface area contributed by atoms with Crippen molar-refractivity contribution in [2.45, 2.75) is 12.8 Å². The zero-order valence-electron chi connectivity index (χ0n) is 8.76. The third-order valence-corrected chi connectivity index (χ3v) is 1.83. The molecule has 0 aromatic carbocycles. The number of primary amides is 1. The van der Waals surface area contributed by atoms with E-state index >= 15 is 0 Å². The van der Waals surface area contributed by atoms with Gasteiger partial charge in [-0.1, -0.05) is 0 Å². The van der Waals surface area contributed by atoms with E-state index in [4.69, 9.17) is 5.73 Å². The monoisotopic (exact) mass is 226 g/mol. The van der Waals surface area contributed by atoms with Crippen LogP contribution in [0.2, 0.25) is 0 Å². The molecule has 1 rings (SSSR count). The third-order valence-electron chi connectivity index (χ3n) is 1.83. The van der Waals surface area contributed by atoms with Gasteiger partial charge < -0.3 is 15.8 Å². The average Bonchev–Trinajstić information content (AvgIpc) is 2.75. The number of nitrogens with two attached hydrogens (primary N) is 1. The zero-order valence-corrected chi connectivity index (χ0v) is 8.76. The van der Waals surface area contributed by atoms with Crippen LogP contribution >= 0.6 is 0 Å². The number of nitrogens with zero attached hydrogens (tertiary/aromatic N) is 2. The molecule has 0 radical (unpaired) electrons. The summed E-state index contributed by atoms with van der Waals surface area (Å²) in [6, 6.07) is -0.228. The van der Waals surface area contributed by atoms with Crippen molar-refractivity contribution in [1.82, 2.24) is 14.9 Å². The molecule has 1 aromatic rings. The van der Waals surface area contributed by atoms with Crippen molar-refractivity contribution in [2.24, 2.45) is 5.73 Å². The Hall–Kier alpha value is -2.05. The summed E-state index contributed by atoms with van der Waals surface area (Å²) in [6.45, 7) is 0.787. The van der Waals surface area contributed by atoms with E-state index in [1.807, 2.05) is 0 Å². The predicted octanol–water partition coefficient (Wildman–Crippen LogP) is 0.316. The first-order valence-electron chi connectivity index (χ1n) is 4.88. The van der Waals surface area contributed by atoms with Gasteiger partial charge in [0.2, 0.25) is 0 Å². The number of hydrogen-bond acceptors (Lipinski definition) is 4. The predicted molar refractivity (Wildman–Crippen MR) is 55.8 cm³/mol. The summed E-state index contributed by atoms with van der Waals surface area (Å²) in [5.41, 5.74) is 4.78. The van der Waals surface area contributed by atoms with Gasteiger partial charge in [0.15, 0.2) is 0 Å². The lowest BCUT2D eigenvalue weighted by molar-refractivity contribution is 0.154. The van der Waals surface area contributed by atoms with Gasteiger partial charge in [-0.15, -0.1) is 0 Å². The van der Waals surface area contributed by atoms with Gasteiger partial charge in [-0.25, -0.2) is 14.6 Å². The first-order valence-corrected chi connectivity index (χ1v) is 4.88. The largest absolute Gasteiger partial charge is 0.450 e. The van der Waals surface area contributed by atoms with Crippen LogP contribution < -0.4 is 11.1 Å². The van der Waals surface area contributed by atoms with E-state index in [0.717, 1.165) is 0 Å². The highest BCUT2D eigenvalue weighted by molar-refractivity contribution is 5.76. The molecule has 1 heterocycles. The summed E-state index contributed by atoms with van der Waals surface area (Å²) in [5, 5.41) is 2.69. The van der Waals surface area contributed by atoms with Crippen LogP contribution in [-0.4, -0.2) is 34.8 Å². The maximum absolute atomic E-state index is 11.4. The van der Waals surface area contributed by atoms with Crippen molar-refractivity contribution in [3.8, 4) is 0 Å². The minimum absolute atomic E-state index is 0.228.